The van der Waals surface area contributed by atoms with Crippen molar-refractivity contribution in [1.82, 2.24) is 10.2 Å². The van der Waals surface area contributed by atoms with Crippen LogP contribution in [0.1, 0.15) is 17.2 Å². The van der Waals surface area contributed by atoms with Crippen LogP contribution >= 0.6 is 0 Å². The van der Waals surface area contributed by atoms with Gasteiger partial charge in [0, 0.05) is 32.9 Å². The van der Waals surface area contributed by atoms with Gasteiger partial charge in [-0.2, -0.15) is 0 Å². The first-order chi connectivity index (χ1) is 12.1. The number of carbonyl (C=O) groups is 1. The highest BCUT2D eigenvalue weighted by Gasteiger charge is 2.25. The topological polar surface area (TPSA) is 44.8 Å². The number of amides is 2. The van der Waals surface area contributed by atoms with E-state index in [1.54, 1.807) is 0 Å². The first kappa shape index (κ1) is 17.3. The lowest BCUT2D eigenvalue weighted by atomic mass is 10.1. The fraction of sp³-hybridized carbons (Fsp3) is 0.350. The number of nitrogens with zero attached hydrogens (tertiary/aromatic N) is 2. The van der Waals surface area contributed by atoms with Crippen LogP contribution in [0.25, 0.3) is 0 Å². The van der Waals surface area contributed by atoms with Gasteiger partial charge in [-0.05, 0) is 23.3 Å². The maximum atomic E-state index is 12.4. The van der Waals surface area contributed by atoms with Crippen LogP contribution in [-0.2, 0) is 11.3 Å². The second-order valence-corrected chi connectivity index (χ2v) is 6.44. The lowest BCUT2D eigenvalue weighted by Crippen LogP contribution is -2.46. The van der Waals surface area contributed by atoms with Crippen LogP contribution in [0, 0.1) is 0 Å². The van der Waals surface area contributed by atoms with E-state index in [9.17, 15) is 4.79 Å². The molecule has 5 heteroatoms. The highest BCUT2D eigenvalue weighted by Crippen LogP contribution is 2.24. The molecule has 0 spiro atoms. The Labute approximate surface area is 149 Å². The molecule has 1 N–H and O–H groups in total. The molecule has 0 radical (unpaired) electrons. The Morgan fingerprint density at radius 2 is 1.88 bits per heavy atom. The average Bonchev–Trinajstić information content (AvgIpc) is 2.67. The van der Waals surface area contributed by atoms with E-state index in [1.807, 2.05) is 49.3 Å². The molecule has 0 aliphatic carbocycles. The molecule has 3 rings (SSSR count). The van der Waals surface area contributed by atoms with Crippen LogP contribution in [0.15, 0.2) is 54.6 Å². The molecule has 0 aromatic heterocycles. The van der Waals surface area contributed by atoms with Crippen molar-refractivity contribution in [2.45, 2.75) is 12.6 Å². The monoisotopic (exact) mass is 339 g/mol. The zero-order valence-corrected chi connectivity index (χ0v) is 14.8. The van der Waals surface area contributed by atoms with Crippen LogP contribution in [0.5, 0.6) is 0 Å². The number of morpholine rings is 1. The molecule has 1 saturated heterocycles. The van der Waals surface area contributed by atoms with E-state index < -0.39 is 0 Å². The Balaban J connectivity index is 1.57. The first-order valence-electron chi connectivity index (χ1n) is 8.59. The maximum absolute atomic E-state index is 12.4. The molecule has 1 unspecified atom stereocenters. The number of ether oxygens (including phenoxy) is 1. The predicted octanol–water partition coefficient (Wildman–Crippen LogP) is 3.04. The number of anilines is 1. The minimum atomic E-state index is -0.0764. The summed E-state index contributed by atoms with van der Waals surface area (Å²) in [4.78, 5) is 16.3. The number of urea groups is 1. The van der Waals surface area contributed by atoms with E-state index in [0.29, 0.717) is 26.2 Å². The summed E-state index contributed by atoms with van der Waals surface area (Å²) in [7, 11) is 4.04. The van der Waals surface area contributed by atoms with Gasteiger partial charge in [0.25, 0.3) is 0 Å². The number of rotatable bonds is 4. The molecule has 2 amide bonds. The molecule has 1 aliphatic heterocycles. The molecule has 5 nitrogen and oxygen atoms in total. The van der Waals surface area contributed by atoms with Crippen LogP contribution in [0.4, 0.5) is 10.5 Å². The van der Waals surface area contributed by atoms with Crippen LogP contribution < -0.4 is 10.2 Å². The van der Waals surface area contributed by atoms with Crippen LogP contribution in [0.2, 0.25) is 0 Å². The van der Waals surface area contributed by atoms with Gasteiger partial charge in [-0.1, -0.05) is 42.5 Å². The summed E-state index contributed by atoms with van der Waals surface area (Å²) < 4.78 is 5.87. The van der Waals surface area contributed by atoms with Crippen molar-refractivity contribution in [2.24, 2.45) is 0 Å². The Morgan fingerprint density at radius 3 is 2.56 bits per heavy atom. The Morgan fingerprint density at radius 1 is 1.16 bits per heavy atom. The van der Waals surface area contributed by atoms with E-state index in [2.05, 4.69) is 34.5 Å². The van der Waals surface area contributed by atoms with E-state index in [0.717, 1.165) is 16.8 Å². The molecule has 25 heavy (non-hydrogen) atoms. The third-order valence-electron chi connectivity index (χ3n) is 4.42. The van der Waals surface area contributed by atoms with Crippen LogP contribution in [-0.4, -0.2) is 44.7 Å². The minimum Gasteiger partial charge on any atom is -0.378 e. The summed E-state index contributed by atoms with van der Waals surface area (Å²) in [6.45, 7) is 2.28. The third kappa shape index (κ3) is 4.51. The van der Waals surface area contributed by atoms with E-state index in [4.69, 9.17) is 4.74 Å². The Bertz CT molecular complexity index is 686. The second-order valence-electron chi connectivity index (χ2n) is 6.44. The predicted molar refractivity (Wildman–Crippen MR) is 99.7 cm³/mol. The third-order valence-corrected chi connectivity index (χ3v) is 4.42. The van der Waals surface area contributed by atoms with Crippen LogP contribution in [0.3, 0.4) is 0 Å². The number of hydrogen-bond donors (Lipinski definition) is 1. The van der Waals surface area contributed by atoms with Gasteiger partial charge in [0.2, 0.25) is 0 Å². The molecular formula is C20H25N3O2. The van der Waals surface area contributed by atoms with Gasteiger partial charge in [-0.25, -0.2) is 4.79 Å². The normalized spacial score (nSPS) is 17.2. The van der Waals surface area contributed by atoms with Crippen molar-refractivity contribution in [3.63, 3.8) is 0 Å². The molecule has 1 fully saturated rings. The van der Waals surface area contributed by atoms with Gasteiger partial charge < -0.3 is 19.9 Å². The number of nitrogens with one attached hydrogen (secondary N) is 1. The second kappa shape index (κ2) is 8.03. The quantitative estimate of drug-likeness (QED) is 0.931. The molecule has 0 saturated carbocycles. The maximum Gasteiger partial charge on any atom is 0.317 e. The number of hydrogen-bond acceptors (Lipinski definition) is 3. The summed E-state index contributed by atoms with van der Waals surface area (Å²) in [5.41, 5.74) is 3.35. The smallest absolute Gasteiger partial charge is 0.317 e. The fourth-order valence-corrected chi connectivity index (χ4v) is 2.91. The van der Waals surface area contributed by atoms with E-state index in [-0.39, 0.29) is 12.1 Å². The van der Waals surface area contributed by atoms with E-state index >= 15 is 0 Å². The SMILES string of the molecule is CN(C)c1ccc(C2CN(C(=O)NCc3ccccc3)CCO2)cc1. The summed E-state index contributed by atoms with van der Waals surface area (Å²) >= 11 is 0. The molecule has 1 aliphatic rings. The van der Waals surface area contributed by atoms with Gasteiger partial charge in [0.05, 0.1) is 13.2 Å². The van der Waals surface area contributed by atoms with Crippen molar-refractivity contribution in [3.8, 4) is 0 Å². The van der Waals surface area contributed by atoms with Crippen molar-refractivity contribution < 1.29 is 9.53 Å². The summed E-state index contributed by atoms with van der Waals surface area (Å²) in [6.07, 6.45) is -0.0764. The average molecular weight is 339 g/mol. The van der Waals surface area contributed by atoms with Gasteiger partial charge in [-0.3, -0.25) is 0 Å². The zero-order valence-electron chi connectivity index (χ0n) is 14.8. The van der Waals surface area contributed by atoms with Gasteiger partial charge in [-0.15, -0.1) is 0 Å². The Hall–Kier alpha value is -2.53. The van der Waals surface area contributed by atoms with E-state index in [1.165, 1.54) is 0 Å². The summed E-state index contributed by atoms with van der Waals surface area (Å²) in [5.74, 6) is 0. The lowest BCUT2D eigenvalue weighted by Gasteiger charge is -2.33. The molecule has 2 aromatic carbocycles. The summed E-state index contributed by atoms with van der Waals surface area (Å²) in [5, 5.41) is 2.99. The van der Waals surface area contributed by atoms with Crippen molar-refractivity contribution in [1.29, 1.82) is 0 Å². The number of carbonyl (C=O) groups excluding carboxylic acids is 1. The highest BCUT2D eigenvalue weighted by molar-refractivity contribution is 5.74. The standard InChI is InChI=1S/C20H25N3O2/c1-22(2)18-10-8-17(9-11-18)19-15-23(12-13-25-19)20(24)21-14-16-6-4-3-5-7-16/h3-11,19H,12-15H2,1-2H3,(H,21,24). The fourth-order valence-electron chi connectivity index (χ4n) is 2.91. The number of benzene rings is 2. The Kier molecular flexibility index (Phi) is 5.56. The highest BCUT2D eigenvalue weighted by atomic mass is 16.5. The largest absolute Gasteiger partial charge is 0.378 e. The first-order valence-corrected chi connectivity index (χ1v) is 8.59. The lowest BCUT2D eigenvalue weighted by molar-refractivity contribution is -0.0154. The minimum absolute atomic E-state index is 0.0398. The van der Waals surface area contributed by atoms with Crippen molar-refractivity contribution in [2.75, 3.05) is 38.7 Å². The van der Waals surface area contributed by atoms with Gasteiger partial charge >= 0.3 is 6.03 Å². The molecule has 132 valence electrons. The summed E-state index contributed by atoms with van der Waals surface area (Å²) in [6, 6.07) is 18.2. The molecule has 1 atom stereocenters. The zero-order chi connectivity index (χ0) is 17.6. The molecule has 1 heterocycles. The molecule has 0 bridgehead atoms. The van der Waals surface area contributed by atoms with Crippen molar-refractivity contribution >= 4 is 11.7 Å². The van der Waals surface area contributed by atoms with Gasteiger partial charge in [0.1, 0.15) is 6.10 Å². The molecular weight excluding hydrogens is 314 g/mol. The molecule has 2 aromatic rings. The van der Waals surface area contributed by atoms with Crippen molar-refractivity contribution in [3.05, 3.63) is 65.7 Å². The van der Waals surface area contributed by atoms with Gasteiger partial charge in [0.15, 0.2) is 0 Å².